The van der Waals surface area contributed by atoms with Gasteiger partial charge in [-0.15, -0.1) is 0 Å². The van der Waals surface area contributed by atoms with Gasteiger partial charge in [0, 0.05) is 18.2 Å². The standard InChI is InChI=1S/C14H13F4N3O2/c15-12-10(19)5-6-11(21(22)23)13(12,20)7-8-1-3-9(4-2-8)14(16,17)18/h1-6,12H,7,19-20H2. The van der Waals surface area contributed by atoms with Gasteiger partial charge >= 0.3 is 6.18 Å². The van der Waals surface area contributed by atoms with Crippen molar-refractivity contribution in [2.24, 2.45) is 11.5 Å². The van der Waals surface area contributed by atoms with Gasteiger partial charge in [0.25, 0.3) is 5.70 Å². The van der Waals surface area contributed by atoms with Crippen LogP contribution in [0.1, 0.15) is 11.1 Å². The molecule has 0 heterocycles. The van der Waals surface area contributed by atoms with Crippen LogP contribution in [0.4, 0.5) is 17.6 Å². The van der Waals surface area contributed by atoms with Crippen LogP contribution in [0.2, 0.25) is 0 Å². The van der Waals surface area contributed by atoms with Crippen molar-refractivity contribution in [3.63, 3.8) is 0 Å². The predicted molar refractivity (Wildman–Crippen MR) is 74.3 cm³/mol. The molecule has 2 rings (SSSR count). The quantitative estimate of drug-likeness (QED) is 0.505. The number of nitrogens with zero attached hydrogens (tertiary/aromatic N) is 1. The van der Waals surface area contributed by atoms with Crippen LogP contribution in [0.5, 0.6) is 0 Å². The first kappa shape index (κ1) is 16.9. The molecular weight excluding hydrogens is 318 g/mol. The molecule has 9 heteroatoms. The van der Waals surface area contributed by atoms with Crippen LogP contribution in [0, 0.1) is 10.1 Å². The molecule has 0 spiro atoms. The summed E-state index contributed by atoms with van der Waals surface area (Å²) in [5.41, 5.74) is 7.75. The lowest BCUT2D eigenvalue weighted by atomic mass is 9.80. The van der Waals surface area contributed by atoms with Gasteiger partial charge in [-0.1, -0.05) is 12.1 Å². The van der Waals surface area contributed by atoms with Gasteiger partial charge in [0.15, 0.2) is 6.17 Å². The van der Waals surface area contributed by atoms with Crippen molar-refractivity contribution in [1.82, 2.24) is 0 Å². The Morgan fingerprint density at radius 2 is 1.78 bits per heavy atom. The molecule has 2 unspecified atom stereocenters. The fourth-order valence-corrected chi connectivity index (χ4v) is 2.40. The average Bonchev–Trinajstić information content (AvgIpc) is 2.44. The van der Waals surface area contributed by atoms with Crippen LogP contribution in [-0.2, 0) is 12.6 Å². The van der Waals surface area contributed by atoms with Crippen molar-refractivity contribution in [2.75, 3.05) is 0 Å². The number of hydrogen-bond donors (Lipinski definition) is 2. The van der Waals surface area contributed by atoms with Crippen LogP contribution < -0.4 is 11.5 Å². The van der Waals surface area contributed by atoms with Crippen LogP contribution in [0.15, 0.2) is 47.8 Å². The molecule has 1 aliphatic carbocycles. The summed E-state index contributed by atoms with van der Waals surface area (Å²) in [5.74, 6) is 0. The molecule has 23 heavy (non-hydrogen) atoms. The summed E-state index contributed by atoms with van der Waals surface area (Å²) in [7, 11) is 0. The summed E-state index contributed by atoms with van der Waals surface area (Å²) in [4.78, 5) is 10.2. The van der Waals surface area contributed by atoms with Crippen LogP contribution in [0.3, 0.4) is 0 Å². The summed E-state index contributed by atoms with van der Waals surface area (Å²) in [5, 5.41) is 11.1. The Balaban J connectivity index is 2.35. The molecule has 0 bridgehead atoms. The average molecular weight is 331 g/mol. The van der Waals surface area contributed by atoms with E-state index in [4.69, 9.17) is 11.5 Å². The fourth-order valence-electron chi connectivity index (χ4n) is 2.40. The number of alkyl halides is 4. The second-order valence-corrected chi connectivity index (χ2v) is 5.25. The van der Waals surface area contributed by atoms with E-state index in [2.05, 4.69) is 0 Å². The molecule has 0 radical (unpaired) electrons. The van der Waals surface area contributed by atoms with Gasteiger partial charge in [-0.25, -0.2) is 4.39 Å². The molecule has 124 valence electrons. The highest BCUT2D eigenvalue weighted by atomic mass is 19.4. The van der Waals surface area contributed by atoms with Crippen molar-refractivity contribution in [3.05, 3.63) is 69.1 Å². The summed E-state index contributed by atoms with van der Waals surface area (Å²) < 4.78 is 51.9. The number of allylic oxidation sites excluding steroid dienone is 2. The highest BCUT2D eigenvalue weighted by molar-refractivity contribution is 5.37. The van der Waals surface area contributed by atoms with E-state index in [9.17, 15) is 27.7 Å². The minimum atomic E-state index is -4.51. The number of halogens is 4. The van der Waals surface area contributed by atoms with Crippen molar-refractivity contribution in [2.45, 2.75) is 24.3 Å². The molecule has 0 saturated heterocycles. The molecule has 0 aromatic heterocycles. The molecule has 2 atom stereocenters. The molecule has 1 aliphatic rings. The summed E-state index contributed by atoms with van der Waals surface area (Å²) in [6, 6.07) is 3.83. The Hall–Kier alpha value is -2.42. The molecule has 1 aromatic rings. The zero-order valence-corrected chi connectivity index (χ0v) is 11.7. The Morgan fingerprint density at radius 3 is 2.26 bits per heavy atom. The SMILES string of the molecule is NC1=CC=C([N+](=O)[O-])C(N)(Cc2ccc(C(F)(F)F)cc2)C1F. The minimum absolute atomic E-state index is 0.227. The Labute approximate surface area is 128 Å². The van der Waals surface area contributed by atoms with Crippen molar-refractivity contribution in [1.29, 1.82) is 0 Å². The van der Waals surface area contributed by atoms with E-state index in [1.54, 1.807) is 0 Å². The second kappa shape index (κ2) is 5.65. The molecule has 0 aliphatic heterocycles. The van der Waals surface area contributed by atoms with Crippen LogP contribution in [-0.4, -0.2) is 16.6 Å². The van der Waals surface area contributed by atoms with E-state index in [0.29, 0.717) is 0 Å². The maximum atomic E-state index is 14.3. The lowest BCUT2D eigenvalue weighted by molar-refractivity contribution is -0.436. The van der Waals surface area contributed by atoms with E-state index in [1.807, 2.05) is 0 Å². The van der Waals surface area contributed by atoms with Crippen LogP contribution in [0.25, 0.3) is 0 Å². The zero-order chi connectivity index (χ0) is 17.4. The number of hydrogen-bond acceptors (Lipinski definition) is 4. The second-order valence-electron chi connectivity index (χ2n) is 5.25. The van der Waals surface area contributed by atoms with Gasteiger partial charge in [0.2, 0.25) is 0 Å². The number of rotatable bonds is 3. The monoisotopic (exact) mass is 331 g/mol. The predicted octanol–water partition coefficient (Wildman–Crippen LogP) is 2.30. The van der Waals surface area contributed by atoms with E-state index in [-0.39, 0.29) is 17.7 Å². The Bertz CT molecular complexity index is 682. The van der Waals surface area contributed by atoms with Gasteiger partial charge in [0.05, 0.1) is 10.5 Å². The van der Waals surface area contributed by atoms with Gasteiger partial charge < -0.3 is 11.5 Å². The molecule has 5 nitrogen and oxygen atoms in total. The largest absolute Gasteiger partial charge is 0.416 e. The number of nitro groups is 1. The lowest BCUT2D eigenvalue weighted by Crippen LogP contribution is -2.57. The first-order chi connectivity index (χ1) is 10.6. The van der Waals surface area contributed by atoms with E-state index >= 15 is 0 Å². The van der Waals surface area contributed by atoms with Gasteiger partial charge in [-0.3, -0.25) is 10.1 Å². The zero-order valence-electron chi connectivity index (χ0n) is 11.7. The number of nitrogens with two attached hydrogens (primary N) is 2. The van der Waals surface area contributed by atoms with Crippen molar-refractivity contribution >= 4 is 0 Å². The topological polar surface area (TPSA) is 95.2 Å². The summed E-state index contributed by atoms with van der Waals surface area (Å²) >= 11 is 0. The third-order valence-electron chi connectivity index (χ3n) is 3.63. The fraction of sp³-hybridized carbons (Fsp3) is 0.286. The third-order valence-corrected chi connectivity index (χ3v) is 3.63. The maximum absolute atomic E-state index is 14.3. The third kappa shape index (κ3) is 3.19. The Kier molecular flexibility index (Phi) is 4.16. The molecule has 1 aromatic carbocycles. The molecule has 0 amide bonds. The first-order valence-corrected chi connectivity index (χ1v) is 6.47. The molecule has 0 saturated carbocycles. The first-order valence-electron chi connectivity index (χ1n) is 6.47. The van der Waals surface area contributed by atoms with Gasteiger partial charge in [-0.05, 0) is 23.8 Å². The molecule has 0 fully saturated rings. The Morgan fingerprint density at radius 1 is 1.22 bits per heavy atom. The minimum Gasteiger partial charge on any atom is -0.400 e. The molecular formula is C14H13F4N3O2. The highest BCUT2D eigenvalue weighted by Crippen LogP contribution is 2.33. The molecule has 4 N–H and O–H groups in total. The van der Waals surface area contributed by atoms with Crippen molar-refractivity contribution < 1.29 is 22.5 Å². The summed E-state index contributed by atoms with van der Waals surface area (Å²) in [6.45, 7) is 0. The highest BCUT2D eigenvalue weighted by Gasteiger charge is 2.49. The van der Waals surface area contributed by atoms with E-state index in [1.165, 1.54) is 0 Å². The maximum Gasteiger partial charge on any atom is 0.416 e. The van der Waals surface area contributed by atoms with Crippen molar-refractivity contribution in [3.8, 4) is 0 Å². The van der Waals surface area contributed by atoms with Crippen LogP contribution >= 0.6 is 0 Å². The van der Waals surface area contributed by atoms with Gasteiger partial charge in [-0.2, -0.15) is 13.2 Å². The van der Waals surface area contributed by atoms with E-state index in [0.717, 1.165) is 36.4 Å². The smallest absolute Gasteiger partial charge is 0.400 e. The lowest BCUT2D eigenvalue weighted by Gasteiger charge is -2.32. The van der Waals surface area contributed by atoms with Gasteiger partial charge in [0.1, 0.15) is 5.54 Å². The van der Waals surface area contributed by atoms with E-state index < -0.39 is 34.1 Å². The normalized spacial score (nSPS) is 24.8. The summed E-state index contributed by atoms with van der Waals surface area (Å²) in [6.07, 6.45) is -4.83. The number of benzene rings is 1.